The molecular weight excluding hydrogens is 298 g/mol. The maximum Gasteiger partial charge on any atom is 0.252 e. The molecule has 0 saturated carbocycles. The summed E-state index contributed by atoms with van der Waals surface area (Å²) in [6, 6.07) is 1.76. The van der Waals surface area contributed by atoms with Crippen molar-refractivity contribution in [3.05, 3.63) is 22.4 Å². The standard InChI is InChI=1S/C16H25N3O2S/c1-16(2,3)19-7-4-6-18(8-9-19)14(20)11-17-15(21)13-5-10-22-12-13/h5,10,12H,4,6-9,11H2,1-3H3,(H,17,21). The zero-order valence-electron chi connectivity index (χ0n) is 13.6. The van der Waals surface area contributed by atoms with Crippen LogP contribution in [-0.2, 0) is 4.79 Å². The van der Waals surface area contributed by atoms with Gasteiger partial charge in [-0.1, -0.05) is 0 Å². The lowest BCUT2D eigenvalue weighted by molar-refractivity contribution is -0.130. The molecule has 1 aliphatic rings. The molecule has 0 aromatic carbocycles. The third-order valence-electron chi connectivity index (χ3n) is 3.98. The van der Waals surface area contributed by atoms with Gasteiger partial charge in [-0.15, -0.1) is 0 Å². The smallest absolute Gasteiger partial charge is 0.252 e. The molecule has 6 heteroatoms. The SMILES string of the molecule is CC(C)(C)N1CCCN(C(=O)CNC(=O)c2ccsc2)CC1. The third-order valence-corrected chi connectivity index (χ3v) is 4.66. The molecule has 0 atom stereocenters. The minimum atomic E-state index is -0.180. The quantitative estimate of drug-likeness (QED) is 0.923. The van der Waals surface area contributed by atoms with E-state index in [0.717, 1.165) is 32.6 Å². The average molecular weight is 323 g/mol. The highest BCUT2D eigenvalue weighted by Crippen LogP contribution is 2.16. The summed E-state index contributed by atoms with van der Waals surface area (Å²) in [6.45, 7) is 10.1. The van der Waals surface area contributed by atoms with Crippen LogP contribution in [0.25, 0.3) is 0 Å². The number of nitrogens with one attached hydrogen (secondary N) is 1. The molecule has 0 spiro atoms. The number of amides is 2. The summed E-state index contributed by atoms with van der Waals surface area (Å²) >= 11 is 1.47. The van der Waals surface area contributed by atoms with E-state index in [0.29, 0.717) is 5.56 Å². The van der Waals surface area contributed by atoms with Gasteiger partial charge in [-0.2, -0.15) is 11.3 Å². The summed E-state index contributed by atoms with van der Waals surface area (Å²) < 4.78 is 0. The molecule has 5 nitrogen and oxygen atoms in total. The molecule has 1 saturated heterocycles. The van der Waals surface area contributed by atoms with E-state index in [-0.39, 0.29) is 23.9 Å². The first-order valence-corrected chi connectivity index (χ1v) is 8.65. The van der Waals surface area contributed by atoms with Crippen LogP contribution in [0.2, 0.25) is 0 Å². The fraction of sp³-hybridized carbons (Fsp3) is 0.625. The lowest BCUT2D eigenvalue weighted by Crippen LogP contribution is -2.45. The van der Waals surface area contributed by atoms with Gasteiger partial charge >= 0.3 is 0 Å². The van der Waals surface area contributed by atoms with Crippen molar-refractivity contribution in [3.63, 3.8) is 0 Å². The number of rotatable bonds is 3. The minimum absolute atomic E-state index is 0.000612. The Morgan fingerprint density at radius 2 is 2.00 bits per heavy atom. The van der Waals surface area contributed by atoms with E-state index in [1.54, 1.807) is 11.4 Å². The summed E-state index contributed by atoms with van der Waals surface area (Å²) in [5.41, 5.74) is 0.749. The van der Waals surface area contributed by atoms with Crippen LogP contribution in [0.15, 0.2) is 16.8 Å². The van der Waals surface area contributed by atoms with Crippen molar-refractivity contribution in [1.82, 2.24) is 15.1 Å². The Bertz CT molecular complexity index is 508. The van der Waals surface area contributed by atoms with Crippen LogP contribution < -0.4 is 5.32 Å². The number of nitrogens with zero attached hydrogens (tertiary/aromatic N) is 2. The average Bonchev–Trinajstić information content (AvgIpc) is 2.87. The second-order valence-corrected chi connectivity index (χ2v) is 7.37. The van der Waals surface area contributed by atoms with Gasteiger partial charge in [0, 0.05) is 42.7 Å². The first kappa shape index (κ1) is 17.0. The highest BCUT2D eigenvalue weighted by molar-refractivity contribution is 7.08. The number of hydrogen-bond acceptors (Lipinski definition) is 4. The van der Waals surface area contributed by atoms with Crippen LogP contribution in [0.1, 0.15) is 37.6 Å². The van der Waals surface area contributed by atoms with Crippen LogP contribution in [0, 0.1) is 0 Å². The molecule has 1 N–H and O–H groups in total. The van der Waals surface area contributed by atoms with Crippen molar-refractivity contribution in [1.29, 1.82) is 0 Å². The van der Waals surface area contributed by atoms with E-state index in [9.17, 15) is 9.59 Å². The fourth-order valence-electron chi connectivity index (χ4n) is 2.60. The van der Waals surface area contributed by atoms with Crippen LogP contribution in [0.5, 0.6) is 0 Å². The minimum Gasteiger partial charge on any atom is -0.343 e. The first-order chi connectivity index (χ1) is 10.4. The van der Waals surface area contributed by atoms with Crippen LogP contribution >= 0.6 is 11.3 Å². The van der Waals surface area contributed by atoms with Crippen molar-refractivity contribution in [2.24, 2.45) is 0 Å². The van der Waals surface area contributed by atoms with Gasteiger partial charge in [-0.25, -0.2) is 0 Å². The van der Waals surface area contributed by atoms with Gasteiger partial charge in [0.05, 0.1) is 6.54 Å². The van der Waals surface area contributed by atoms with Crippen molar-refractivity contribution < 1.29 is 9.59 Å². The van der Waals surface area contributed by atoms with Crippen LogP contribution in [0.3, 0.4) is 0 Å². The van der Waals surface area contributed by atoms with Gasteiger partial charge in [0.2, 0.25) is 5.91 Å². The number of thiophene rings is 1. The van der Waals surface area contributed by atoms with Crippen molar-refractivity contribution >= 4 is 23.2 Å². The Kier molecular flexibility index (Phi) is 5.58. The molecule has 1 aromatic heterocycles. The van der Waals surface area contributed by atoms with E-state index in [2.05, 4.69) is 31.0 Å². The zero-order chi connectivity index (χ0) is 16.2. The van der Waals surface area contributed by atoms with Crippen LogP contribution in [-0.4, -0.2) is 59.9 Å². The van der Waals surface area contributed by atoms with Gasteiger partial charge in [-0.05, 0) is 38.6 Å². The number of carbonyl (C=O) groups is 2. The predicted molar refractivity (Wildman–Crippen MR) is 89.2 cm³/mol. The van der Waals surface area contributed by atoms with Gasteiger partial charge in [-0.3, -0.25) is 14.5 Å². The Hall–Kier alpha value is -1.40. The Balaban J connectivity index is 1.82. The van der Waals surface area contributed by atoms with Crippen molar-refractivity contribution in [2.75, 3.05) is 32.7 Å². The molecule has 1 aromatic rings. The molecule has 2 heterocycles. The molecular formula is C16H25N3O2S. The van der Waals surface area contributed by atoms with E-state index in [1.165, 1.54) is 11.3 Å². The van der Waals surface area contributed by atoms with Gasteiger partial charge in [0.25, 0.3) is 5.91 Å². The van der Waals surface area contributed by atoms with Crippen LogP contribution in [0.4, 0.5) is 0 Å². The van der Waals surface area contributed by atoms with E-state index < -0.39 is 0 Å². The molecule has 1 aliphatic heterocycles. The highest BCUT2D eigenvalue weighted by atomic mass is 32.1. The fourth-order valence-corrected chi connectivity index (χ4v) is 3.24. The van der Waals surface area contributed by atoms with E-state index in [4.69, 9.17) is 0 Å². The normalized spacial score (nSPS) is 17.1. The Morgan fingerprint density at radius 3 is 2.64 bits per heavy atom. The lowest BCUT2D eigenvalue weighted by atomic mass is 10.1. The molecule has 1 fully saturated rings. The largest absolute Gasteiger partial charge is 0.343 e. The van der Waals surface area contributed by atoms with E-state index in [1.807, 2.05) is 10.3 Å². The van der Waals surface area contributed by atoms with Gasteiger partial charge in [0.15, 0.2) is 0 Å². The third kappa shape index (κ3) is 4.55. The topological polar surface area (TPSA) is 52.6 Å². The molecule has 0 bridgehead atoms. The molecule has 22 heavy (non-hydrogen) atoms. The van der Waals surface area contributed by atoms with Gasteiger partial charge in [0.1, 0.15) is 0 Å². The van der Waals surface area contributed by atoms with Gasteiger partial charge < -0.3 is 10.2 Å². The number of carbonyl (C=O) groups excluding carboxylic acids is 2. The monoisotopic (exact) mass is 323 g/mol. The maximum atomic E-state index is 12.3. The van der Waals surface area contributed by atoms with E-state index >= 15 is 0 Å². The van der Waals surface area contributed by atoms with Crippen molar-refractivity contribution in [3.8, 4) is 0 Å². The maximum absolute atomic E-state index is 12.3. The zero-order valence-corrected chi connectivity index (χ0v) is 14.4. The Labute approximate surface area is 136 Å². The Morgan fingerprint density at radius 1 is 1.23 bits per heavy atom. The molecule has 2 amide bonds. The second kappa shape index (κ2) is 7.24. The summed E-state index contributed by atoms with van der Waals surface area (Å²) in [5.74, 6) is -0.180. The lowest BCUT2D eigenvalue weighted by Gasteiger charge is -2.34. The molecule has 0 unspecified atom stereocenters. The van der Waals surface area contributed by atoms with Crippen molar-refractivity contribution in [2.45, 2.75) is 32.7 Å². The molecule has 0 aliphatic carbocycles. The number of hydrogen-bond donors (Lipinski definition) is 1. The highest BCUT2D eigenvalue weighted by Gasteiger charge is 2.25. The molecule has 122 valence electrons. The second-order valence-electron chi connectivity index (χ2n) is 6.59. The summed E-state index contributed by atoms with van der Waals surface area (Å²) in [4.78, 5) is 28.4. The summed E-state index contributed by atoms with van der Waals surface area (Å²) in [7, 11) is 0. The molecule has 2 rings (SSSR count). The molecule has 0 radical (unpaired) electrons. The summed E-state index contributed by atoms with van der Waals surface area (Å²) in [6.07, 6.45) is 0.974. The predicted octanol–water partition coefficient (Wildman–Crippen LogP) is 1.81. The summed E-state index contributed by atoms with van der Waals surface area (Å²) in [5, 5.41) is 6.35. The first-order valence-electron chi connectivity index (χ1n) is 7.71.